The standard InChI is InChI=1S/C49H56N8O8S2/c1-7-37(47(61)56-23-35(58)18-38(56)45(59)52-20-30-8-10-32(11-9-30)42-21-50-26-66-42)40-17-34(55-64-40)25-63-36-19-39(57(24-36)48(62)44(49(4,5)6)41-16-28(2)54-65-41)46(60)53-29(3)31-12-14-33(15-13-31)43-22-51-27-67-43/h8-17,21-22,26-27,29,35-39,44,58H,7,18-20,23-25H2,1-6H3,(H,52,59)(H,53,60)/t29-,35+,36+,37+,38-,39-,44+/m0/s1. The van der Waals surface area contributed by atoms with E-state index in [4.69, 9.17) is 13.8 Å². The number of rotatable bonds is 16. The summed E-state index contributed by atoms with van der Waals surface area (Å²) >= 11 is 3.10. The van der Waals surface area contributed by atoms with Crippen molar-refractivity contribution in [2.45, 2.75) is 116 Å². The number of likely N-dealkylation sites (tertiary alicyclic amines) is 2. The Morgan fingerprint density at radius 3 is 2.06 bits per heavy atom. The second-order valence-corrected chi connectivity index (χ2v) is 20.2. The van der Waals surface area contributed by atoms with E-state index < -0.39 is 41.5 Å². The van der Waals surface area contributed by atoms with E-state index in [0.29, 0.717) is 29.3 Å². The molecule has 0 aliphatic carbocycles. The molecule has 4 aromatic heterocycles. The molecule has 0 saturated carbocycles. The Balaban J connectivity index is 0.923. The van der Waals surface area contributed by atoms with Crippen LogP contribution in [-0.2, 0) is 37.1 Å². The van der Waals surface area contributed by atoms with Crippen molar-refractivity contribution in [2.24, 2.45) is 5.41 Å². The number of amides is 4. The fraction of sp³-hybridized carbons (Fsp3) is 0.429. The Hall–Kier alpha value is -6.08. The van der Waals surface area contributed by atoms with E-state index in [1.54, 1.807) is 57.7 Å². The van der Waals surface area contributed by atoms with Crippen molar-refractivity contribution in [1.82, 2.24) is 40.7 Å². The quantitative estimate of drug-likeness (QED) is 0.0882. The molecule has 0 spiro atoms. The first-order chi connectivity index (χ1) is 32.2. The van der Waals surface area contributed by atoms with Gasteiger partial charge in [-0.15, -0.1) is 22.7 Å². The van der Waals surface area contributed by atoms with Gasteiger partial charge in [0.15, 0.2) is 0 Å². The molecule has 67 heavy (non-hydrogen) atoms. The summed E-state index contributed by atoms with van der Waals surface area (Å²) in [6, 6.07) is 17.1. The van der Waals surface area contributed by atoms with Crippen LogP contribution < -0.4 is 10.6 Å². The van der Waals surface area contributed by atoms with Crippen molar-refractivity contribution in [2.75, 3.05) is 13.1 Å². The van der Waals surface area contributed by atoms with E-state index in [2.05, 4.69) is 30.9 Å². The minimum absolute atomic E-state index is 0.0113. The minimum Gasteiger partial charge on any atom is -0.391 e. The molecule has 16 nitrogen and oxygen atoms in total. The molecule has 0 bridgehead atoms. The molecule has 2 fully saturated rings. The monoisotopic (exact) mass is 948 g/mol. The van der Waals surface area contributed by atoms with Gasteiger partial charge in [0, 0.05) is 57.0 Å². The van der Waals surface area contributed by atoms with Crippen LogP contribution in [0.2, 0.25) is 0 Å². The minimum atomic E-state index is -0.861. The first-order valence-electron chi connectivity index (χ1n) is 22.5. The molecule has 6 heterocycles. The van der Waals surface area contributed by atoms with Gasteiger partial charge >= 0.3 is 0 Å². The van der Waals surface area contributed by atoms with Crippen molar-refractivity contribution >= 4 is 46.3 Å². The second kappa shape index (κ2) is 20.4. The number of β-amino-alcohol motifs (C(OH)–C–C–N with tert-alkyl or cyclic N) is 1. The van der Waals surface area contributed by atoms with Gasteiger partial charge < -0.3 is 39.3 Å². The van der Waals surface area contributed by atoms with Gasteiger partial charge in [-0.25, -0.2) is 0 Å². The number of aliphatic hydroxyl groups is 1. The van der Waals surface area contributed by atoms with E-state index in [-0.39, 0.29) is 68.8 Å². The molecule has 7 atom stereocenters. The average molecular weight is 949 g/mol. The molecule has 352 valence electrons. The summed E-state index contributed by atoms with van der Waals surface area (Å²) in [5, 5.41) is 25.0. The zero-order valence-electron chi connectivity index (χ0n) is 38.4. The largest absolute Gasteiger partial charge is 0.391 e. The highest BCUT2D eigenvalue weighted by Crippen LogP contribution is 2.39. The van der Waals surface area contributed by atoms with Crippen molar-refractivity contribution in [3.05, 3.63) is 118 Å². The van der Waals surface area contributed by atoms with E-state index in [1.165, 1.54) is 4.90 Å². The summed E-state index contributed by atoms with van der Waals surface area (Å²) < 4.78 is 17.8. The molecular weight excluding hydrogens is 893 g/mol. The Morgan fingerprint density at radius 1 is 0.836 bits per heavy atom. The number of aromatic nitrogens is 4. The van der Waals surface area contributed by atoms with Crippen LogP contribution >= 0.6 is 22.7 Å². The van der Waals surface area contributed by atoms with Gasteiger partial charge in [0.25, 0.3) is 0 Å². The number of benzene rings is 2. The number of carbonyl (C=O) groups is 4. The molecule has 0 radical (unpaired) electrons. The van der Waals surface area contributed by atoms with E-state index in [9.17, 15) is 24.3 Å². The maximum absolute atomic E-state index is 14.7. The first-order valence-corrected chi connectivity index (χ1v) is 24.3. The molecule has 8 rings (SSSR count). The normalized spacial score (nSPS) is 19.9. The maximum atomic E-state index is 14.7. The molecule has 2 aromatic carbocycles. The highest BCUT2D eigenvalue weighted by Gasteiger charge is 2.47. The van der Waals surface area contributed by atoms with Crippen LogP contribution in [0.25, 0.3) is 20.9 Å². The predicted molar refractivity (Wildman–Crippen MR) is 251 cm³/mol. The lowest BCUT2D eigenvalue weighted by Gasteiger charge is -2.33. The number of nitrogens with one attached hydrogen (secondary N) is 2. The van der Waals surface area contributed by atoms with Gasteiger partial charge in [-0.3, -0.25) is 29.1 Å². The molecule has 0 unspecified atom stereocenters. The molecule has 2 saturated heterocycles. The average Bonchev–Trinajstić information content (AvgIpc) is 4.17. The third-order valence-electron chi connectivity index (χ3n) is 12.5. The molecule has 6 aromatic rings. The van der Waals surface area contributed by atoms with Gasteiger partial charge in [-0.05, 0) is 47.9 Å². The summed E-state index contributed by atoms with van der Waals surface area (Å²) in [5.74, 6) is -2.06. The Morgan fingerprint density at radius 2 is 1.46 bits per heavy atom. The number of carbonyl (C=O) groups excluding carboxylic acids is 4. The Labute approximate surface area is 397 Å². The van der Waals surface area contributed by atoms with Crippen LogP contribution in [0.5, 0.6) is 0 Å². The number of hydrogen-bond donors (Lipinski definition) is 3. The number of aliphatic hydroxyl groups excluding tert-OH is 1. The summed E-state index contributed by atoms with van der Waals surface area (Å²) in [7, 11) is 0. The lowest BCUT2D eigenvalue weighted by Crippen LogP contribution is -2.49. The van der Waals surface area contributed by atoms with Crippen LogP contribution in [0.4, 0.5) is 0 Å². The van der Waals surface area contributed by atoms with Gasteiger partial charge in [0.2, 0.25) is 23.6 Å². The number of nitrogens with zero attached hydrogens (tertiary/aromatic N) is 6. The zero-order chi connectivity index (χ0) is 47.4. The van der Waals surface area contributed by atoms with Crippen LogP contribution in [-0.4, -0.2) is 96.2 Å². The maximum Gasteiger partial charge on any atom is 0.243 e. The lowest BCUT2D eigenvalue weighted by atomic mass is 9.78. The van der Waals surface area contributed by atoms with Gasteiger partial charge in [-0.1, -0.05) is 86.5 Å². The van der Waals surface area contributed by atoms with Crippen molar-refractivity contribution in [3.63, 3.8) is 0 Å². The van der Waals surface area contributed by atoms with E-state index >= 15 is 0 Å². The van der Waals surface area contributed by atoms with Crippen LogP contribution in [0.3, 0.4) is 0 Å². The molecule has 2 aliphatic rings. The van der Waals surface area contributed by atoms with Gasteiger partial charge in [0.05, 0.1) is 57.2 Å². The van der Waals surface area contributed by atoms with Crippen LogP contribution in [0, 0.1) is 12.3 Å². The van der Waals surface area contributed by atoms with Crippen molar-refractivity contribution in [3.8, 4) is 20.9 Å². The van der Waals surface area contributed by atoms with Crippen LogP contribution in [0.15, 0.2) is 93.1 Å². The van der Waals surface area contributed by atoms with E-state index in [1.807, 2.05) is 95.5 Å². The predicted octanol–water partition coefficient (Wildman–Crippen LogP) is 7.18. The highest BCUT2D eigenvalue weighted by atomic mass is 32.1. The molecule has 3 N–H and O–H groups in total. The fourth-order valence-corrected chi connectivity index (χ4v) is 10.2. The molecular formula is C49H56N8O8S2. The van der Waals surface area contributed by atoms with E-state index in [0.717, 1.165) is 32.0 Å². The summed E-state index contributed by atoms with van der Waals surface area (Å²) in [4.78, 5) is 70.0. The Bertz CT molecular complexity index is 2620. The zero-order valence-corrected chi connectivity index (χ0v) is 40.0. The first kappa shape index (κ1) is 47.4. The Kier molecular flexibility index (Phi) is 14.5. The van der Waals surface area contributed by atoms with Crippen molar-refractivity contribution in [1.29, 1.82) is 0 Å². The smallest absolute Gasteiger partial charge is 0.243 e. The third-order valence-corrected chi connectivity index (χ3v) is 14.1. The molecule has 4 amide bonds. The third kappa shape index (κ3) is 10.9. The number of aryl methyl sites for hydroxylation is 1. The molecule has 18 heteroatoms. The topological polar surface area (TPSA) is 206 Å². The highest BCUT2D eigenvalue weighted by molar-refractivity contribution is 7.13. The molecule has 2 aliphatic heterocycles. The number of thiazole rings is 2. The van der Waals surface area contributed by atoms with Crippen molar-refractivity contribution < 1.29 is 38.1 Å². The SMILES string of the molecule is CC[C@@H](C(=O)N1C[C@H](O)C[C@H]1C(=O)NCc1ccc(-c2cncs2)cc1)c1cc(CO[C@@H]2C[C@@H](C(=O)N[C@@H](C)c3ccc(-c4cncs4)cc3)N(C(=O)[C@@H](c3cc(C)no3)C(C)(C)C)C2)no1. The second-order valence-electron chi connectivity index (χ2n) is 18.4. The van der Waals surface area contributed by atoms with Gasteiger partial charge in [0.1, 0.15) is 35.2 Å². The van der Waals surface area contributed by atoms with Gasteiger partial charge in [-0.2, -0.15) is 0 Å². The fourth-order valence-electron chi connectivity index (χ4n) is 8.92. The lowest BCUT2D eigenvalue weighted by molar-refractivity contribution is -0.142. The number of ether oxygens (including phenoxy) is 1. The summed E-state index contributed by atoms with van der Waals surface area (Å²) in [6.07, 6.45) is 2.91. The summed E-state index contributed by atoms with van der Waals surface area (Å²) in [5.41, 5.74) is 7.93. The summed E-state index contributed by atoms with van der Waals surface area (Å²) in [6.45, 7) is 11.8. The number of hydrogen-bond acceptors (Lipinski definition) is 14. The van der Waals surface area contributed by atoms with Crippen LogP contribution in [0.1, 0.15) is 106 Å².